The molecule has 1 heterocycles. The van der Waals surface area contributed by atoms with Gasteiger partial charge in [0.2, 0.25) is 5.91 Å². The van der Waals surface area contributed by atoms with Gasteiger partial charge in [-0.1, -0.05) is 71.5 Å². The fourth-order valence-corrected chi connectivity index (χ4v) is 5.63. The predicted molar refractivity (Wildman–Crippen MR) is 149 cm³/mol. The Morgan fingerprint density at radius 3 is 2.33 bits per heavy atom. The Morgan fingerprint density at radius 1 is 0.833 bits per heavy atom. The van der Waals surface area contributed by atoms with Crippen LogP contribution in [-0.4, -0.2) is 16.8 Å². The van der Waals surface area contributed by atoms with Crippen LogP contribution >= 0.6 is 23.1 Å². The molecule has 2 N–H and O–H groups in total. The van der Waals surface area contributed by atoms with Gasteiger partial charge in [0.25, 0.3) is 5.91 Å². The number of thioether (sulfide) groups is 1. The normalized spacial score (nSPS) is 11.7. The van der Waals surface area contributed by atoms with Crippen molar-refractivity contribution in [3.05, 3.63) is 120 Å². The maximum Gasteiger partial charge on any atom is 0.255 e. The van der Waals surface area contributed by atoms with Crippen LogP contribution in [0.5, 0.6) is 0 Å². The van der Waals surface area contributed by atoms with E-state index in [1.807, 2.05) is 104 Å². The van der Waals surface area contributed by atoms with E-state index in [9.17, 15) is 9.59 Å². The van der Waals surface area contributed by atoms with Gasteiger partial charge in [0.1, 0.15) is 5.25 Å². The molecule has 36 heavy (non-hydrogen) atoms. The van der Waals surface area contributed by atoms with Gasteiger partial charge < -0.3 is 10.6 Å². The van der Waals surface area contributed by atoms with Crippen molar-refractivity contribution in [3.63, 3.8) is 0 Å². The number of thiazole rings is 1. The van der Waals surface area contributed by atoms with Gasteiger partial charge in [-0.05, 0) is 61.0 Å². The molecular formula is C29H23N3O2S2. The van der Waals surface area contributed by atoms with Crippen molar-refractivity contribution < 1.29 is 9.59 Å². The van der Waals surface area contributed by atoms with Crippen LogP contribution < -0.4 is 10.6 Å². The van der Waals surface area contributed by atoms with E-state index < -0.39 is 5.25 Å². The Labute approximate surface area is 217 Å². The summed E-state index contributed by atoms with van der Waals surface area (Å²) in [5.74, 6) is -0.293. The zero-order valence-corrected chi connectivity index (χ0v) is 21.1. The zero-order chi connectivity index (χ0) is 24.9. The van der Waals surface area contributed by atoms with Gasteiger partial charge in [-0.3, -0.25) is 9.59 Å². The van der Waals surface area contributed by atoms with Crippen molar-refractivity contribution in [2.45, 2.75) is 17.1 Å². The highest BCUT2D eigenvalue weighted by molar-refractivity contribution is 8.00. The van der Waals surface area contributed by atoms with E-state index in [4.69, 9.17) is 0 Å². The summed E-state index contributed by atoms with van der Waals surface area (Å²) in [6, 6.07) is 32.5. The molecule has 0 bridgehead atoms. The Bertz CT molecular complexity index is 1480. The second-order valence-corrected chi connectivity index (χ2v) is 10.4. The number of para-hydroxylation sites is 1. The molecule has 0 radical (unpaired) electrons. The lowest BCUT2D eigenvalue weighted by molar-refractivity contribution is -0.115. The lowest BCUT2D eigenvalue weighted by atomic mass is 10.1. The number of rotatable bonds is 7. The highest BCUT2D eigenvalue weighted by atomic mass is 32.2. The van der Waals surface area contributed by atoms with Gasteiger partial charge in [0.15, 0.2) is 5.13 Å². The molecule has 0 fully saturated rings. The zero-order valence-electron chi connectivity index (χ0n) is 19.5. The van der Waals surface area contributed by atoms with Crippen LogP contribution in [0.25, 0.3) is 10.2 Å². The lowest BCUT2D eigenvalue weighted by Gasteiger charge is -2.16. The highest BCUT2D eigenvalue weighted by Gasteiger charge is 2.23. The molecule has 0 saturated carbocycles. The van der Waals surface area contributed by atoms with Crippen LogP contribution in [-0.2, 0) is 4.79 Å². The van der Waals surface area contributed by atoms with Gasteiger partial charge in [-0.15, -0.1) is 11.8 Å². The van der Waals surface area contributed by atoms with Crippen molar-refractivity contribution in [1.82, 2.24) is 4.98 Å². The monoisotopic (exact) mass is 509 g/mol. The molecule has 1 aromatic heterocycles. The highest BCUT2D eigenvalue weighted by Crippen LogP contribution is 2.37. The van der Waals surface area contributed by atoms with E-state index in [2.05, 4.69) is 15.6 Å². The molecule has 7 heteroatoms. The van der Waals surface area contributed by atoms with Crippen LogP contribution in [0.3, 0.4) is 0 Å². The number of carbonyl (C=O) groups excluding carboxylic acids is 2. The maximum absolute atomic E-state index is 13.4. The second kappa shape index (κ2) is 10.8. The van der Waals surface area contributed by atoms with E-state index in [-0.39, 0.29) is 11.8 Å². The Balaban J connectivity index is 1.32. The van der Waals surface area contributed by atoms with E-state index in [0.29, 0.717) is 16.4 Å². The fraction of sp³-hybridized carbons (Fsp3) is 0.0690. The Kier molecular flexibility index (Phi) is 7.11. The molecule has 0 aliphatic rings. The van der Waals surface area contributed by atoms with E-state index >= 15 is 0 Å². The van der Waals surface area contributed by atoms with Crippen molar-refractivity contribution in [2.24, 2.45) is 0 Å². The van der Waals surface area contributed by atoms with Crippen LogP contribution in [0, 0.1) is 6.92 Å². The Hall–Kier alpha value is -3.94. The molecule has 1 atom stereocenters. The first-order valence-corrected chi connectivity index (χ1v) is 13.1. The molecule has 2 amide bonds. The Morgan fingerprint density at radius 2 is 1.58 bits per heavy atom. The number of hydrogen-bond acceptors (Lipinski definition) is 5. The first-order chi connectivity index (χ1) is 17.5. The third kappa shape index (κ3) is 5.64. The standard InChI is InChI=1S/C29H23N3O2S2/c1-19-8-7-11-21(18-19)27(33)30-22-14-16-23(17-15-22)35-26(20-9-3-2-4-10-20)28(34)32-29-31-24-12-5-6-13-25(24)36-29/h2-18,26H,1H3,(H,30,33)(H,31,32,34). The molecule has 5 nitrogen and oxygen atoms in total. The van der Waals surface area contributed by atoms with E-state index in [0.717, 1.165) is 26.2 Å². The molecule has 0 spiro atoms. The number of anilines is 2. The minimum absolute atomic E-state index is 0.137. The average molecular weight is 510 g/mol. The van der Waals surface area contributed by atoms with Crippen molar-refractivity contribution in [3.8, 4) is 0 Å². The number of carbonyl (C=O) groups is 2. The second-order valence-electron chi connectivity index (χ2n) is 8.23. The summed E-state index contributed by atoms with van der Waals surface area (Å²) in [4.78, 5) is 31.4. The summed E-state index contributed by atoms with van der Waals surface area (Å²) >= 11 is 2.91. The summed E-state index contributed by atoms with van der Waals surface area (Å²) in [6.07, 6.45) is 0. The smallest absolute Gasteiger partial charge is 0.255 e. The summed E-state index contributed by atoms with van der Waals surface area (Å²) in [6.45, 7) is 1.96. The van der Waals surface area contributed by atoms with Gasteiger partial charge in [-0.25, -0.2) is 4.98 Å². The minimum Gasteiger partial charge on any atom is -0.322 e. The molecule has 0 aliphatic heterocycles. The van der Waals surface area contributed by atoms with Crippen molar-refractivity contribution in [1.29, 1.82) is 0 Å². The number of nitrogens with zero attached hydrogens (tertiary/aromatic N) is 1. The van der Waals surface area contributed by atoms with E-state index in [1.54, 1.807) is 6.07 Å². The number of aryl methyl sites for hydroxylation is 1. The van der Waals surface area contributed by atoms with Gasteiger partial charge >= 0.3 is 0 Å². The average Bonchev–Trinajstić information content (AvgIpc) is 3.31. The van der Waals surface area contributed by atoms with E-state index in [1.165, 1.54) is 23.1 Å². The summed E-state index contributed by atoms with van der Waals surface area (Å²) < 4.78 is 1.03. The third-order valence-electron chi connectivity index (χ3n) is 5.51. The quantitative estimate of drug-likeness (QED) is 0.225. The number of fused-ring (bicyclic) bond motifs is 1. The minimum atomic E-state index is -0.467. The molecule has 178 valence electrons. The van der Waals surface area contributed by atoms with Crippen LogP contribution in [0.4, 0.5) is 10.8 Å². The summed E-state index contributed by atoms with van der Waals surface area (Å²) in [5, 5.41) is 6.05. The van der Waals surface area contributed by atoms with Crippen molar-refractivity contribution in [2.75, 3.05) is 10.6 Å². The molecular weight excluding hydrogens is 486 g/mol. The van der Waals surface area contributed by atoms with Gasteiger partial charge in [0.05, 0.1) is 10.2 Å². The molecule has 5 aromatic rings. The van der Waals surface area contributed by atoms with Crippen LogP contribution in [0.15, 0.2) is 108 Å². The number of benzene rings is 4. The molecule has 1 unspecified atom stereocenters. The first kappa shape index (κ1) is 23.8. The predicted octanol–water partition coefficient (Wildman–Crippen LogP) is 7.33. The molecule has 5 rings (SSSR count). The van der Waals surface area contributed by atoms with Crippen LogP contribution in [0.2, 0.25) is 0 Å². The lowest BCUT2D eigenvalue weighted by Crippen LogP contribution is -2.18. The van der Waals surface area contributed by atoms with Crippen molar-refractivity contribution >= 4 is 55.9 Å². The molecule has 0 aliphatic carbocycles. The van der Waals surface area contributed by atoms with Gasteiger partial charge in [-0.2, -0.15) is 0 Å². The number of hydrogen-bond donors (Lipinski definition) is 2. The summed E-state index contributed by atoms with van der Waals surface area (Å²) in [5.41, 5.74) is 4.11. The SMILES string of the molecule is Cc1cccc(C(=O)Nc2ccc(SC(C(=O)Nc3nc4ccccc4s3)c3ccccc3)cc2)c1. The third-order valence-corrected chi connectivity index (χ3v) is 7.73. The first-order valence-electron chi connectivity index (χ1n) is 11.4. The molecule has 0 saturated heterocycles. The number of aromatic nitrogens is 1. The largest absolute Gasteiger partial charge is 0.322 e. The fourth-order valence-electron chi connectivity index (χ4n) is 3.74. The number of amides is 2. The maximum atomic E-state index is 13.4. The molecule has 4 aromatic carbocycles. The number of nitrogens with one attached hydrogen (secondary N) is 2. The topological polar surface area (TPSA) is 71.1 Å². The van der Waals surface area contributed by atoms with Crippen LogP contribution in [0.1, 0.15) is 26.7 Å². The van der Waals surface area contributed by atoms with Gasteiger partial charge in [0, 0.05) is 16.1 Å². The summed E-state index contributed by atoms with van der Waals surface area (Å²) in [7, 11) is 0.